The maximum absolute atomic E-state index is 13.4. The summed E-state index contributed by atoms with van der Waals surface area (Å²) in [6.07, 6.45) is 0. The van der Waals surface area contributed by atoms with Crippen molar-refractivity contribution in [1.82, 2.24) is 9.97 Å². The van der Waals surface area contributed by atoms with Crippen molar-refractivity contribution in [3.63, 3.8) is 0 Å². The van der Waals surface area contributed by atoms with E-state index in [0.717, 1.165) is 6.07 Å². The van der Waals surface area contributed by atoms with Crippen LogP contribution in [0.3, 0.4) is 0 Å². The van der Waals surface area contributed by atoms with Crippen LogP contribution >= 0.6 is 27.5 Å². The fourth-order valence-electron chi connectivity index (χ4n) is 1.35. The van der Waals surface area contributed by atoms with Gasteiger partial charge in [-0.3, -0.25) is 0 Å². The van der Waals surface area contributed by atoms with Gasteiger partial charge in [-0.25, -0.2) is 18.7 Å². The molecule has 0 fully saturated rings. The van der Waals surface area contributed by atoms with E-state index in [1.54, 1.807) is 13.0 Å². The summed E-state index contributed by atoms with van der Waals surface area (Å²) in [4.78, 5) is 8.09. The van der Waals surface area contributed by atoms with Crippen LogP contribution in [0.2, 0.25) is 5.15 Å². The second kappa shape index (κ2) is 4.66. The van der Waals surface area contributed by atoms with Crippen LogP contribution in [0.15, 0.2) is 22.7 Å². The smallest absolute Gasteiger partial charge is 0.173 e. The van der Waals surface area contributed by atoms with E-state index in [2.05, 4.69) is 25.9 Å². The standard InChI is InChI=1S/C11H6BrClF2N2/c1-5-4-8(13)17-11(16-5)6-2-3-7(14)10(15)9(6)12/h2-4H,1H3. The molecule has 2 nitrogen and oxygen atoms in total. The molecule has 0 aliphatic rings. The lowest BCUT2D eigenvalue weighted by molar-refractivity contribution is 0.504. The average Bonchev–Trinajstić information content (AvgIpc) is 2.24. The van der Waals surface area contributed by atoms with Crippen LogP contribution in [0.1, 0.15) is 5.69 Å². The molecule has 2 aromatic rings. The molecule has 0 saturated carbocycles. The highest BCUT2D eigenvalue weighted by atomic mass is 79.9. The van der Waals surface area contributed by atoms with Crippen molar-refractivity contribution in [2.24, 2.45) is 0 Å². The van der Waals surface area contributed by atoms with Crippen molar-refractivity contribution in [1.29, 1.82) is 0 Å². The number of hydrogen-bond donors (Lipinski definition) is 0. The van der Waals surface area contributed by atoms with E-state index in [-0.39, 0.29) is 15.5 Å². The summed E-state index contributed by atoms with van der Waals surface area (Å²) < 4.78 is 26.3. The molecular weight excluding hydrogens is 313 g/mol. The lowest BCUT2D eigenvalue weighted by Crippen LogP contribution is -1.96. The Hall–Kier alpha value is -1.07. The van der Waals surface area contributed by atoms with Gasteiger partial charge in [0.15, 0.2) is 17.5 Å². The second-order valence-corrected chi connectivity index (χ2v) is 4.56. The molecule has 0 saturated heterocycles. The molecule has 2 rings (SSSR count). The molecule has 0 spiro atoms. The van der Waals surface area contributed by atoms with Crippen LogP contribution in [0, 0.1) is 18.6 Å². The third kappa shape index (κ3) is 2.45. The Morgan fingerprint density at radius 1 is 1.24 bits per heavy atom. The monoisotopic (exact) mass is 318 g/mol. The fourth-order valence-corrected chi connectivity index (χ4v) is 2.09. The van der Waals surface area contributed by atoms with Gasteiger partial charge < -0.3 is 0 Å². The first-order chi connectivity index (χ1) is 7.99. The lowest BCUT2D eigenvalue weighted by Gasteiger charge is -2.06. The van der Waals surface area contributed by atoms with Gasteiger partial charge in [-0.1, -0.05) is 11.6 Å². The molecule has 0 N–H and O–H groups in total. The molecule has 0 unspecified atom stereocenters. The molecule has 1 heterocycles. The molecule has 1 aromatic carbocycles. The molecule has 0 aliphatic heterocycles. The largest absolute Gasteiger partial charge is 0.233 e. The highest BCUT2D eigenvalue weighted by Gasteiger charge is 2.15. The van der Waals surface area contributed by atoms with Crippen LogP contribution in [-0.2, 0) is 0 Å². The van der Waals surface area contributed by atoms with Crippen molar-refractivity contribution in [3.05, 3.63) is 45.2 Å². The van der Waals surface area contributed by atoms with Gasteiger partial charge in [0.1, 0.15) is 5.15 Å². The third-order valence-electron chi connectivity index (χ3n) is 2.10. The minimum Gasteiger partial charge on any atom is -0.233 e. The molecule has 88 valence electrons. The molecular formula is C11H6BrClF2N2. The topological polar surface area (TPSA) is 25.8 Å². The van der Waals surface area contributed by atoms with Gasteiger partial charge in [-0.05, 0) is 41.1 Å². The van der Waals surface area contributed by atoms with Gasteiger partial charge >= 0.3 is 0 Å². The number of rotatable bonds is 1. The van der Waals surface area contributed by atoms with Crippen molar-refractivity contribution >= 4 is 27.5 Å². The number of nitrogens with zero attached hydrogens (tertiary/aromatic N) is 2. The van der Waals surface area contributed by atoms with Crippen LogP contribution in [-0.4, -0.2) is 9.97 Å². The summed E-state index contributed by atoms with van der Waals surface area (Å²) >= 11 is 8.77. The normalized spacial score (nSPS) is 10.6. The van der Waals surface area contributed by atoms with Crippen LogP contribution in [0.5, 0.6) is 0 Å². The molecule has 0 bridgehead atoms. The number of benzene rings is 1. The van der Waals surface area contributed by atoms with Crippen LogP contribution < -0.4 is 0 Å². The van der Waals surface area contributed by atoms with Crippen LogP contribution in [0.25, 0.3) is 11.4 Å². The molecule has 0 aliphatic carbocycles. The first-order valence-corrected chi connectivity index (χ1v) is 5.81. The van der Waals surface area contributed by atoms with Crippen molar-refractivity contribution in [3.8, 4) is 11.4 Å². The Balaban J connectivity index is 2.64. The molecule has 6 heteroatoms. The van der Waals surface area contributed by atoms with Gasteiger partial charge in [0.05, 0.1) is 4.47 Å². The maximum Gasteiger partial charge on any atom is 0.173 e. The summed E-state index contributed by atoms with van der Waals surface area (Å²) in [5, 5.41) is 0.254. The van der Waals surface area contributed by atoms with E-state index >= 15 is 0 Å². The van der Waals surface area contributed by atoms with E-state index in [0.29, 0.717) is 11.3 Å². The fraction of sp³-hybridized carbons (Fsp3) is 0.0909. The minimum absolute atomic E-state index is 0.0147. The van der Waals surface area contributed by atoms with E-state index < -0.39 is 11.6 Å². The van der Waals surface area contributed by atoms with Crippen molar-refractivity contribution in [2.75, 3.05) is 0 Å². The van der Waals surface area contributed by atoms with E-state index in [9.17, 15) is 8.78 Å². The SMILES string of the molecule is Cc1cc(Cl)nc(-c2ccc(F)c(F)c2Br)n1. The van der Waals surface area contributed by atoms with Gasteiger partial charge in [0, 0.05) is 11.3 Å². The Morgan fingerprint density at radius 2 is 1.94 bits per heavy atom. The van der Waals surface area contributed by atoms with Gasteiger partial charge in [0.2, 0.25) is 0 Å². The highest BCUT2D eigenvalue weighted by Crippen LogP contribution is 2.30. The zero-order valence-corrected chi connectivity index (χ0v) is 11.0. The summed E-state index contributed by atoms with van der Waals surface area (Å²) in [7, 11) is 0. The predicted molar refractivity (Wildman–Crippen MR) is 64.8 cm³/mol. The zero-order valence-electron chi connectivity index (χ0n) is 8.64. The second-order valence-electron chi connectivity index (χ2n) is 3.38. The first-order valence-electron chi connectivity index (χ1n) is 4.64. The minimum atomic E-state index is -0.969. The number of aryl methyl sites for hydroxylation is 1. The third-order valence-corrected chi connectivity index (χ3v) is 3.07. The molecule has 0 amide bonds. The lowest BCUT2D eigenvalue weighted by atomic mass is 10.2. The quantitative estimate of drug-likeness (QED) is 0.583. The summed E-state index contributed by atoms with van der Waals surface area (Å²) in [6, 6.07) is 4.00. The highest BCUT2D eigenvalue weighted by molar-refractivity contribution is 9.10. The van der Waals surface area contributed by atoms with E-state index in [1.807, 2.05) is 0 Å². The van der Waals surface area contributed by atoms with Crippen molar-refractivity contribution in [2.45, 2.75) is 6.92 Å². The van der Waals surface area contributed by atoms with Gasteiger partial charge in [0.25, 0.3) is 0 Å². The Kier molecular flexibility index (Phi) is 3.40. The summed E-state index contributed by atoms with van der Waals surface area (Å²) in [5.41, 5.74) is 1.01. The number of hydrogen-bond acceptors (Lipinski definition) is 2. The van der Waals surface area contributed by atoms with Crippen molar-refractivity contribution < 1.29 is 8.78 Å². The molecule has 17 heavy (non-hydrogen) atoms. The predicted octanol–water partition coefficient (Wildman–Crippen LogP) is 4.15. The first kappa shape index (κ1) is 12.4. The van der Waals surface area contributed by atoms with Gasteiger partial charge in [-0.15, -0.1) is 0 Å². The maximum atomic E-state index is 13.4. The van der Waals surface area contributed by atoms with Gasteiger partial charge in [-0.2, -0.15) is 0 Å². The number of halogens is 4. The molecule has 0 atom stereocenters. The Morgan fingerprint density at radius 3 is 2.59 bits per heavy atom. The van der Waals surface area contributed by atoms with E-state index in [4.69, 9.17) is 11.6 Å². The average molecular weight is 320 g/mol. The molecule has 1 aromatic heterocycles. The Labute approximate surface area is 110 Å². The number of aromatic nitrogens is 2. The molecule has 0 radical (unpaired) electrons. The van der Waals surface area contributed by atoms with E-state index in [1.165, 1.54) is 6.07 Å². The summed E-state index contributed by atoms with van der Waals surface area (Å²) in [5.74, 6) is -1.65. The van der Waals surface area contributed by atoms with Crippen LogP contribution in [0.4, 0.5) is 8.78 Å². The zero-order chi connectivity index (χ0) is 12.6. The summed E-state index contributed by atoms with van der Waals surface area (Å²) in [6.45, 7) is 1.74. The Bertz CT molecular complexity index is 570.